The maximum Gasteiger partial charge on any atom is 0.416 e. The lowest BCUT2D eigenvalue weighted by molar-refractivity contribution is -0.159. The van der Waals surface area contributed by atoms with Crippen LogP contribution in [0.1, 0.15) is 27.7 Å². The first-order chi connectivity index (χ1) is 12.8. The van der Waals surface area contributed by atoms with E-state index in [4.69, 9.17) is 4.74 Å². The molecule has 4 nitrogen and oxygen atoms in total. The third-order valence-corrected chi connectivity index (χ3v) is 5.54. The summed E-state index contributed by atoms with van der Waals surface area (Å²) in [6.45, 7) is 1.69. The van der Waals surface area contributed by atoms with Crippen molar-refractivity contribution >= 4 is 23.3 Å². The second kappa shape index (κ2) is 7.72. The fourth-order valence-electron chi connectivity index (χ4n) is 3.09. The summed E-state index contributed by atoms with van der Waals surface area (Å²) < 4.78 is 45.5. The van der Waals surface area contributed by atoms with Crippen LogP contribution in [0.3, 0.4) is 0 Å². The SMILES string of the molecule is Cc1ccc(C(CC(=O)N2C(=O)OCC2Cc2ccccc2)C(F)(F)F)s1. The second-order valence-electron chi connectivity index (χ2n) is 6.43. The third kappa shape index (κ3) is 4.50. The number of rotatable bonds is 5. The summed E-state index contributed by atoms with van der Waals surface area (Å²) in [5.41, 5.74) is 0.875. The Hall–Kier alpha value is -2.35. The second-order valence-corrected chi connectivity index (χ2v) is 7.75. The summed E-state index contributed by atoms with van der Waals surface area (Å²) in [4.78, 5) is 26.3. The number of imide groups is 1. The van der Waals surface area contributed by atoms with Crippen LogP contribution in [-0.2, 0) is 16.0 Å². The van der Waals surface area contributed by atoms with E-state index in [2.05, 4.69) is 0 Å². The van der Waals surface area contributed by atoms with Crippen molar-refractivity contribution in [1.29, 1.82) is 0 Å². The van der Waals surface area contributed by atoms with Crippen LogP contribution in [0.4, 0.5) is 18.0 Å². The molecule has 27 heavy (non-hydrogen) atoms. The number of alkyl halides is 3. The molecule has 0 saturated carbocycles. The molecule has 1 fully saturated rings. The van der Waals surface area contributed by atoms with Crippen LogP contribution in [-0.4, -0.2) is 35.7 Å². The minimum absolute atomic E-state index is 0.0196. The molecule has 1 aliphatic rings. The molecule has 2 aromatic rings. The first-order valence-corrected chi connectivity index (χ1v) is 9.23. The van der Waals surface area contributed by atoms with Gasteiger partial charge in [0.1, 0.15) is 6.61 Å². The van der Waals surface area contributed by atoms with Crippen molar-refractivity contribution in [3.05, 3.63) is 57.8 Å². The maximum absolute atomic E-state index is 13.5. The zero-order valence-electron chi connectivity index (χ0n) is 14.5. The highest BCUT2D eigenvalue weighted by Crippen LogP contribution is 2.41. The number of hydrogen-bond acceptors (Lipinski definition) is 4. The van der Waals surface area contributed by atoms with E-state index in [-0.39, 0.29) is 11.5 Å². The molecule has 1 aromatic heterocycles. The van der Waals surface area contributed by atoms with Gasteiger partial charge in [-0.2, -0.15) is 13.2 Å². The Labute approximate surface area is 158 Å². The van der Waals surface area contributed by atoms with Crippen LogP contribution in [0.15, 0.2) is 42.5 Å². The molecule has 1 aliphatic heterocycles. The molecule has 0 spiro atoms. The molecule has 144 valence electrons. The number of carbonyl (C=O) groups is 2. The van der Waals surface area contributed by atoms with E-state index in [1.54, 1.807) is 13.0 Å². The van der Waals surface area contributed by atoms with Gasteiger partial charge in [-0.05, 0) is 31.0 Å². The predicted octanol–water partition coefficient (Wildman–Crippen LogP) is 4.68. The highest BCUT2D eigenvalue weighted by atomic mass is 32.1. The number of halogens is 3. The molecule has 0 bridgehead atoms. The number of carbonyl (C=O) groups excluding carboxylic acids is 2. The first-order valence-electron chi connectivity index (χ1n) is 8.41. The normalized spacial score (nSPS) is 18.4. The molecule has 2 atom stereocenters. The first kappa shape index (κ1) is 19.4. The number of ether oxygens (including phenoxy) is 1. The number of amides is 2. The van der Waals surface area contributed by atoms with Crippen molar-refractivity contribution in [3.63, 3.8) is 0 Å². The van der Waals surface area contributed by atoms with Crippen LogP contribution >= 0.6 is 11.3 Å². The van der Waals surface area contributed by atoms with E-state index in [0.717, 1.165) is 26.7 Å². The zero-order chi connectivity index (χ0) is 19.6. The Balaban J connectivity index is 1.78. The van der Waals surface area contributed by atoms with Gasteiger partial charge in [-0.25, -0.2) is 9.69 Å². The van der Waals surface area contributed by atoms with Crippen molar-refractivity contribution in [2.24, 2.45) is 0 Å². The number of hydrogen-bond donors (Lipinski definition) is 0. The van der Waals surface area contributed by atoms with E-state index in [9.17, 15) is 22.8 Å². The summed E-state index contributed by atoms with van der Waals surface area (Å²) in [6, 6.07) is 11.5. The largest absolute Gasteiger partial charge is 0.447 e. The summed E-state index contributed by atoms with van der Waals surface area (Å²) in [5.74, 6) is -2.80. The average molecular weight is 397 g/mol. The molecule has 8 heteroatoms. The fraction of sp³-hybridized carbons (Fsp3) is 0.368. The van der Waals surface area contributed by atoms with Crippen LogP contribution in [0.25, 0.3) is 0 Å². The summed E-state index contributed by atoms with van der Waals surface area (Å²) >= 11 is 1.00. The Morgan fingerprint density at radius 2 is 1.96 bits per heavy atom. The van der Waals surface area contributed by atoms with Gasteiger partial charge in [0, 0.05) is 16.2 Å². The Kier molecular flexibility index (Phi) is 5.55. The third-order valence-electron chi connectivity index (χ3n) is 4.42. The van der Waals surface area contributed by atoms with E-state index in [0.29, 0.717) is 6.42 Å². The van der Waals surface area contributed by atoms with Crippen LogP contribution < -0.4 is 0 Å². The van der Waals surface area contributed by atoms with Crippen molar-refractivity contribution in [3.8, 4) is 0 Å². The number of benzene rings is 1. The van der Waals surface area contributed by atoms with Gasteiger partial charge in [0.15, 0.2) is 0 Å². The molecule has 2 unspecified atom stereocenters. The van der Waals surface area contributed by atoms with Gasteiger partial charge >= 0.3 is 12.3 Å². The van der Waals surface area contributed by atoms with Crippen LogP contribution in [0.2, 0.25) is 0 Å². The quantitative estimate of drug-likeness (QED) is 0.736. The minimum Gasteiger partial charge on any atom is -0.447 e. The van der Waals surface area contributed by atoms with Gasteiger partial charge in [0.05, 0.1) is 12.0 Å². The van der Waals surface area contributed by atoms with E-state index in [1.165, 1.54) is 6.07 Å². The van der Waals surface area contributed by atoms with Crippen LogP contribution in [0, 0.1) is 6.92 Å². The van der Waals surface area contributed by atoms with Crippen molar-refractivity contribution in [2.75, 3.05) is 6.61 Å². The predicted molar refractivity (Wildman–Crippen MR) is 94.6 cm³/mol. The maximum atomic E-state index is 13.5. The van der Waals surface area contributed by atoms with Crippen molar-refractivity contribution in [2.45, 2.75) is 37.9 Å². The lowest BCUT2D eigenvalue weighted by atomic mass is 10.0. The summed E-state index contributed by atoms with van der Waals surface area (Å²) in [5, 5.41) is 0. The van der Waals surface area contributed by atoms with E-state index in [1.807, 2.05) is 30.3 Å². The molecular weight excluding hydrogens is 379 g/mol. The van der Waals surface area contributed by atoms with Gasteiger partial charge in [-0.3, -0.25) is 4.79 Å². The molecular formula is C19H18F3NO3S. The molecule has 2 heterocycles. The van der Waals surface area contributed by atoms with Gasteiger partial charge in [-0.15, -0.1) is 11.3 Å². The molecule has 3 rings (SSSR count). The van der Waals surface area contributed by atoms with Gasteiger partial charge in [0.25, 0.3) is 0 Å². The molecule has 0 N–H and O–H groups in total. The van der Waals surface area contributed by atoms with Gasteiger partial charge < -0.3 is 4.74 Å². The molecule has 0 radical (unpaired) electrons. The lowest BCUT2D eigenvalue weighted by Crippen LogP contribution is -2.41. The highest BCUT2D eigenvalue weighted by Gasteiger charge is 2.46. The Morgan fingerprint density at radius 3 is 2.56 bits per heavy atom. The monoisotopic (exact) mass is 397 g/mol. The van der Waals surface area contributed by atoms with E-state index >= 15 is 0 Å². The van der Waals surface area contributed by atoms with Gasteiger partial charge in [-0.1, -0.05) is 30.3 Å². The zero-order valence-corrected chi connectivity index (χ0v) is 15.3. The lowest BCUT2D eigenvalue weighted by Gasteiger charge is -2.24. The molecule has 1 saturated heterocycles. The van der Waals surface area contributed by atoms with E-state index < -0.39 is 36.6 Å². The molecule has 2 amide bonds. The van der Waals surface area contributed by atoms with Crippen molar-refractivity contribution in [1.82, 2.24) is 4.90 Å². The summed E-state index contributed by atoms with van der Waals surface area (Å²) in [7, 11) is 0. The smallest absolute Gasteiger partial charge is 0.416 e. The summed E-state index contributed by atoms with van der Waals surface area (Å²) in [6.07, 6.45) is -5.94. The highest BCUT2D eigenvalue weighted by molar-refractivity contribution is 7.12. The number of cyclic esters (lactones) is 1. The van der Waals surface area contributed by atoms with Crippen LogP contribution in [0.5, 0.6) is 0 Å². The standard InChI is InChI=1S/C19H18F3NO3S/c1-12-7-8-16(27-12)15(19(20,21)22)10-17(24)23-14(11-26-18(23)25)9-13-5-3-2-4-6-13/h2-8,14-15H,9-11H2,1H3. The Morgan fingerprint density at radius 1 is 1.26 bits per heavy atom. The minimum atomic E-state index is -4.58. The Bertz CT molecular complexity index is 819. The number of nitrogens with zero attached hydrogens (tertiary/aromatic N) is 1. The number of aryl methyl sites for hydroxylation is 1. The van der Waals surface area contributed by atoms with Crippen molar-refractivity contribution < 1.29 is 27.5 Å². The van der Waals surface area contributed by atoms with Gasteiger partial charge in [0.2, 0.25) is 5.91 Å². The fourth-order valence-corrected chi connectivity index (χ4v) is 4.10. The average Bonchev–Trinajstić information content (AvgIpc) is 3.18. The number of thiophene rings is 1. The molecule has 1 aromatic carbocycles. The molecule has 0 aliphatic carbocycles. The topological polar surface area (TPSA) is 46.6 Å².